The van der Waals surface area contributed by atoms with Gasteiger partial charge in [0.1, 0.15) is 6.61 Å². The predicted molar refractivity (Wildman–Crippen MR) is 95.5 cm³/mol. The van der Waals surface area contributed by atoms with Gasteiger partial charge in [-0.25, -0.2) is 9.59 Å². The number of amides is 1. The molecular weight excluding hydrogens is 326 g/mol. The molecule has 0 aromatic heterocycles. The Bertz CT molecular complexity index is 373. The van der Waals surface area contributed by atoms with Crippen LogP contribution in [0.2, 0.25) is 0 Å². The van der Waals surface area contributed by atoms with Crippen LogP contribution >= 0.6 is 0 Å². The minimum Gasteiger partial charge on any atom is -0.462 e. The average molecular weight is 359 g/mol. The van der Waals surface area contributed by atoms with Crippen LogP contribution in [0, 0.1) is 0 Å². The van der Waals surface area contributed by atoms with Gasteiger partial charge in [-0.15, -0.1) is 0 Å². The summed E-state index contributed by atoms with van der Waals surface area (Å²) in [6.45, 7) is 10.8. The van der Waals surface area contributed by atoms with Gasteiger partial charge >= 0.3 is 12.1 Å². The number of ether oxygens (including phenoxy) is 4. The van der Waals surface area contributed by atoms with Gasteiger partial charge in [0, 0.05) is 31.9 Å². The number of unbranched alkanes of at least 4 members (excludes halogenated alkanes) is 3. The van der Waals surface area contributed by atoms with Gasteiger partial charge in [-0.1, -0.05) is 6.58 Å². The lowest BCUT2D eigenvalue weighted by atomic mass is 10.2. The fraction of sp³-hybridized carbons (Fsp3) is 0.778. The summed E-state index contributed by atoms with van der Waals surface area (Å²) in [6.07, 6.45) is 3.89. The van der Waals surface area contributed by atoms with E-state index in [0.717, 1.165) is 45.3 Å². The average Bonchev–Trinajstić information content (AvgIpc) is 2.59. The molecule has 7 heteroatoms. The van der Waals surface area contributed by atoms with E-state index in [1.807, 2.05) is 6.92 Å². The van der Waals surface area contributed by atoms with E-state index in [9.17, 15) is 9.59 Å². The van der Waals surface area contributed by atoms with Gasteiger partial charge in [0.05, 0.1) is 13.2 Å². The van der Waals surface area contributed by atoms with Crippen molar-refractivity contribution in [3.8, 4) is 0 Å². The lowest BCUT2D eigenvalue weighted by molar-refractivity contribution is -0.139. The molecule has 0 saturated heterocycles. The van der Waals surface area contributed by atoms with Crippen molar-refractivity contribution in [2.45, 2.75) is 46.0 Å². The summed E-state index contributed by atoms with van der Waals surface area (Å²) >= 11 is 0. The molecule has 146 valence electrons. The minimum absolute atomic E-state index is 0.244. The molecule has 0 atom stereocenters. The second kappa shape index (κ2) is 17.2. The van der Waals surface area contributed by atoms with Gasteiger partial charge in [0.2, 0.25) is 0 Å². The first-order valence-electron chi connectivity index (χ1n) is 8.96. The van der Waals surface area contributed by atoms with Crippen molar-refractivity contribution in [2.75, 3.05) is 46.2 Å². The van der Waals surface area contributed by atoms with Crippen LogP contribution in [0.3, 0.4) is 0 Å². The largest absolute Gasteiger partial charge is 0.462 e. The molecule has 0 aliphatic carbocycles. The number of hydrogen-bond acceptors (Lipinski definition) is 6. The molecule has 25 heavy (non-hydrogen) atoms. The SMILES string of the molecule is C=C(C)C(=O)OCCCCCNC(=O)OCCOCCCCOCC. The van der Waals surface area contributed by atoms with Crippen molar-refractivity contribution in [2.24, 2.45) is 0 Å². The third-order valence-corrected chi connectivity index (χ3v) is 3.16. The van der Waals surface area contributed by atoms with Crippen LogP contribution in [0.15, 0.2) is 12.2 Å². The zero-order chi connectivity index (χ0) is 18.8. The van der Waals surface area contributed by atoms with Crippen LogP contribution in [0.25, 0.3) is 0 Å². The van der Waals surface area contributed by atoms with E-state index < -0.39 is 6.09 Å². The molecule has 7 nitrogen and oxygen atoms in total. The van der Waals surface area contributed by atoms with Crippen molar-refractivity contribution in [3.05, 3.63) is 12.2 Å². The van der Waals surface area contributed by atoms with Gasteiger partial charge in [-0.2, -0.15) is 0 Å². The number of hydrogen-bond donors (Lipinski definition) is 1. The van der Waals surface area contributed by atoms with E-state index in [4.69, 9.17) is 18.9 Å². The summed E-state index contributed by atoms with van der Waals surface area (Å²) in [5.74, 6) is -0.363. The first-order valence-corrected chi connectivity index (χ1v) is 8.96. The molecule has 1 N–H and O–H groups in total. The number of carbonyl (C=O) groups excluding carboxylic acids is 2. The summed E-state index contributed by atoms with van der Waals surface area (Å²) in [7, 11) is 0. The Balaban J connectivity index is 3.26. The maximum atomic E-state index is 11.4. The first-order chi connectivity index (χ1) is 12.1. The lowest BCUT2D eigenvalue weighted by Gasteiger charge is -2.08. The van der Waals surface area contributed by atoms with Crippen LogP contribution in [0.1, 0.15) is 46.0 Å². The Morgan fingerprint density at radius 1 is 0.840 bits per heavy atom. The van der Waals surface area contributed by atoms with Gasteiger partial charge in [0.25, 0.3) is 0 Å². The highest BCUT2D eigenvalue weighted by molar-refractivity contribution is 5.86. The molecule has 0 fully saturated rings. The number of alkyl carbamates (subject to hydrolysis) is 1. The molecule has 0 aromatic rings. The van der Waals surface area contributed by atoms with Crippen molar-refractivity contribution in [1.29, 1.82) is 0 Å². The predicted octanol–water partition coefficient (Wildman–Crippen LogP) is 2.84. The summed E-state index contributed by atoms with van der Waals surface area (Å²) in [6, 6.07) is 0. The van der Waals surface area contributed by atoms with Crippen molar-refractivity contribution in [1.82, 2.24) is 5.32 Å². The van der Waals surface area contributed by atoms with Gasteiger partial charge < -0.3 is 24.3 Å². The van der Waals surface area contributed by atoms with E-state index in [0.29, 0.717) is 31.9 Å². The highest BCUT2D eigenvalue weighted by atomic mass is 16.6. The number of carbonyl (C=O) groups is 2. The second-order valence-electron chi connectivity index (χ2n) is 5.56. The first kappa shape index (κ1) is 23.4. The smallest absolute Gasteiger partial charge is 0.407 e. The third-order valence-electron chi connectivity index (χ3n) is 3.16. The molecule has 0 aliphatic heterocycles. The quantitative estimate of drug-likeness (QED) is 0.259. The van der Waals surface area contributed by atoms with Crippen LogP contribution in [-0.2, 0) is 23.7 Å². The topological polar surface area (TPSA) is 83.1 Å². The molecule has 0 radical (unpaired) electrons. The Morgan fingerprint density at radius 2 is 1.52 bits per heavy atom. The van der Waals surface area contributed by atoms with Gasteiger partial charge in [-0.3, -0.25) is 0 Å². The lowest BCUT2D eigenvalue weighted by Crippen LogP contribution is -2.26. The summed E-state index contributed by atoms with van der Waals surface area (Å²) < 4.78 is 20.6. The van der Waals surface area contributed by atoms with Crippen molar-refractivity contribution >= 4 is 12.1 Å². The molecule has 0 saturated carbocycles. The number of rotatable bonds is 16. The standard InChI is InChI=1S/C18H33NO6/c1-4-22-11-8-9-12-23-14-15-25-18(21)19-10-6-5-7-13-24-17(20)16(2)3/h2,4-15H2,1,3H3,(H,19,21). The van der Waals surface area contributed by atoms with E-state index in [1.54, 1.807) is 6.92 Å². The highest BCUT2D eigenvalue weighted by Crippen LogP contribution is 1.98. The Hall–Kier alpha value is -1.60. The number of nitrogens with one attached hydrogen (secondary N) is 1. The van der Waals surface area contributed by atoms with Gasteiger partial charge in [-0.05, 0) is 46.0 Å². The van der Waals surface area contributed by atoms with Crippen molar-refractivity contribution in [3.63, 3.8) is 0 Å². The number of esters is 1. The molecule has 0 aliphatic rings. The van der Waals surface area contributed by atoms with E-state index >= 15 is 0 Å². The third kappa shape index (κ3) is 17.0. The molecule has 0 aromatic carbocycles. The highest BCUT2D eigenvalue weighted by Gasteiger charge is 2.03. The normalized spacial score (nSPS) is 10.3. The van der Waals surface area contributed by atoms with Crippen LogP contribution in [0.5, 0.6) is 0 Å². The minimum atomic E-state index is -0.436. The molecule has 1 amide bonds. The summed E-state index contributed by atoms with van der Waals surface area (Å²) in [4.78, 5) is 22.6. The van der Waals surface area contributed by atoms with Crippen LogP contribution in [0.4, 0.5) is 4.79 Å². The molecule has 0 unspecified atom stereocenters. The zero-order valence-electron chi connectivity index (χ0n) is 15.6. The van der Waals surface area contributed by atoms with Gasteiger partial charge in [0.15, 0.2) is 0 Å². The maximum Gasteiger partial charge on any atom is 0.407 e. The molecule has 0 rings (SSSR count). The molecular formula is C18H33NO6. The molecule has 0 heterocycles. The second-order valence-corrected chi connectivity index (χ2v) is 5.56. The van der Waals surface area contributed by atoms with Crippen LogP contribution < -0.4 is 5.32 Å². The Kier molecular flexibility index (Phi) is 16.1. The fourth-order valence-electron chi connectivity index (χ4n) is 1.78. The summed E-state index contributed by atoms with van der Waals surface area (Å²) in [5, 5.41) is 2.67. The molecule has 0 bridgehead atoms. The fourth-order valence-corrected chi connectivity index (χ4v) is 1.78. The van der Waals surface area contributed by atoms with E-state index in [1.165, 1.54) is 0 Å². The Labute approximate surface area is 151 Å². The monoisotopic (exact) mass is 359 g/mol. The maximum absolute atomic E-state index is 11.4. The molecule has 0 spiro atoms. The summed E-state index contributed by atoms with van der Waals surface area (Å²) in [5.41, 5.74) is 0.402. The Morgan fingerprint density at radius 3 is 2.20 bits per heavy atom. The van der Waals surface area contributed by atoms with E-state index in [-0.39, 0.29) is 12.6 Å². The van der Waals surface area contributed by atoms with Crippen molar-refractivity contribution < 1.29 is 28.5 Å². The van der Waals surface area contributed by atoms with Crippen LogP contribution in [-0.4, -0.2) is 58.2 Å². The van der Waals surface area contributed by atoms with E-state index in [2.05, 4.69) is 11.9 Å². The zero-order valence-corrected chi connectivity index (χ0v) is 15.6.